The van der Waals surface area contributed by atoms with Gasteiger partial charge in [0.05, 0.1) is 0 Å². The van der Waals surface area contributed by atoms with Gasteiger partial charge in [-0.2, -0.15) is 0 Å². The van der Waals surface area contributed by atoms with Crippen molar-refractivity contribution >= 4 is 35.6 Å². The van der Waals surface area contributed by atoms with Crippen molar-refractivity contribution in [2.24, 2.45) is 10.7 Å². The molecule has 0 amide bonds. The first-order valence-corrected chi connectivity index (χ1v) is 7.71. The number of halogens is 1. The molecular formula is C15H25IN6O. The Labute approximate surface area is 153 Å². The number of ether oxygens (including phenoxy) is 1. The lowest BCUT2D eigenvalue weighted by Crippen LogP contribution is -2.33. The molecular weight excluding hydrogens is 407 g/mol. The smallest absolute Gasteiger partial charge is 0.188 e. The largest absolute Gasteiger partial charge is 0.382 e. The third kappa shape index (κ3) is 6.69. The van der Waals surface area contributed by atoms with Gasteiger partial charge in [0.25, 0.3) is 0 Å². The molecule has 0 aromatic carbocycles. The standard InChI is InChI=1S/C15H24N6O.HI/c1-2-22-12-6-10-18-15(16)17-9-5-8-14-20-19-13-7-3-4-11-21(13)14;/h3-4,7,11H,2,5-6,8-10,12H2,1H3,(H3,16,17,18);1H. The Morgan fingerprint density at radius 3 is 3.04 bits per heavy atom. The van der Waals surface area contributed by atoms with E-state index in [0.29, 0.717) is 12.5 Å². The molecule has 0 radical (unpaired) electrons. The molecule has 0 fully saturated rings. The van der Waals surface area contributed by atoms with Gasteiger partial charge in [0, 0.05) is 38.9 Å². The third-order valence-electron chi connectivity index (χ3n) is 3.20. The summed E-state index contributed by atoms with van der Waals surface area (Å²) in [5.74, 6) is 1.44. The number of pyridine rings is 1. The Morgan fingerprint density at radius 2 is 2.22 bits per heavy atom. The van der Waals surface area contributed by atoms with Crippen LogP contribution in [0, 0.1) is 0 Å². The van der Waals surface area contributed by atoms with Crippen molar-refractivity contribution in [3.05, 3.63) is 30.2 Å². The number of rotatable bonds is 9. The van der Waals surface area contributed by atoms with Gasteiger partial charge in [-0.05, 0) is 31.9 Å². The summed E-state index contributed by atoms with van der Waals surface area (Å²) in [6, 6.07) is 5.87. The van der Waals surface area contributed by atoms with Crippen molar-refractivity contribution in [1.29, 1.82) is 0 Å². The van der Waals surface area contributed by atoms with E-state index in [1.807, 2.05) is 35.7 Å². The first-order valence-electron chi connectivity index (χ1n) is 7.71. The van der Waals surface area contributed by atoms with Crippen LogP contribution in [0.1, 0.15) is 25.6 Å². The number of aliphatic imine (C=N–C) groups is 1. The molecule has 0 saturated carbocycles. The fourth-order valence-corrected chi connectivity index (χ4v) is 2.09. The van der Waals surface area contributed by atoms with Gasteiger partial charge >= 0.3 is 0 Å². The maximum atomic E-state index is 5.80. The van der Waals surface area contributed by atoms with E-state index in [0.717, 1.165) is 50.5 Å². The van der Waals surface area contributed by atoms with E-state index in [9.17, 15) is 0 Å². The number of aryl methyl sites for hydroxylation is 1. The minimum Gasteiger partial charge on any atom is -0.382 e. The Balaban J connectivity index is 0.00000264. The van der Waals surface area contributed by atoms with Crippen LogP contribution in [-0.4, -0.2) is 46.9 Å². The fraction of sp³-hybridized carbons (Fsp3) is 0.533. The number of aromatic nitrogens is 3. The van der Waals surface area contributed by atoms with E-state index in [-0.39, 0.29) is 24.0 Å². The average Bonchev–Trinajstić information content (AvgIpc) is 2.95. The number of nitrogens with zero attached hydrogens (tertiary/aromatic N) is 4. The molecule has 0 bridgehead atoms. The predicted octanol–water partition coefficient (Wildman–Crippen LogP) is 1.61. The maximum Gasteiger partial charge on any atom is 0.188 e. The molecule has 0 aliphatic rings. The summed E-state index contributed by atoms with van der Waals surface area (Å²) < 4.78 is 7.25. The van der Waals surface area contributed by atoms with E-state index in [1.165, 1.54) is 0 Å². The van der Waals surface area contributed by atoms with E-state index in [2.05, 4.69) is 20.5 Å². The molecule has 7 nitrogen and oxygen atoms in total. The molecule has 0 spiro atoms. The lowest BCUT2D eigenvalue weighted by atomic mass is 10.3. The van der Waals surface area contributed by atoms with Gasteiger partial charge in [-0.25, -0.2) is 0 Å². The quantitative estimate of drug-likeness (QED) is 0.272. The Morgan fingerprint density at radius 1 is 1.35 bits per heavy atom. The van der Waals surface area contributed by atoms with E-state index in [4.69, 9.17) is 10.5 Å². The molecule has 23 heavy (non-hydrogen) atoms. The van der Waals surface area contributed by atoms with Crippen molar-refractivity contribution in [2.45, 2.75) is 26.2 Å². The number of nitrogens with two attached hydrogens (primary N) is 1. The molecule has 128 valence electrons. The Hall–Kier alpha value is -1.42. The topological polar surface area (TPSA) is 89.8 Å². The number of hydrogen-bond donors (Lipinski definition) is 2. The molecule has 0 aliphatic heterocycles. The zero-order chi connectivity index (χ0) is 15.6. The van der Waals surface area contributed by atoms with E-state index >= 15 is 0 Å². The van der Waals surface area contributed by atoms with Crippen molar-refractivity contribution in [1.82, 2.24) is 19.9 Å². The lowest BCUT2D eigenvalue weighted by Gasteiger charge is -2.05. The van der Waals surface area contributed by atoms with Crippen LogP contribution >= 0.6 is 24.0 Å². The van der Waals surface area contributed by atoms with Crippen LogP contribution in [0.25, 0.3) is 5.65 Å². The average molecular weight is 432 g/mol. The van der Waals surface area contributed by atoms with Crippen molar-refractivity contribution < 1.29 is 4.74 Å². The maximum absolute atomic E-state index is 5.80. The Kier molecular flexibility index (Phi) is 9.53. The first-order chi connectivity index (χ1) is 10.8. The highest BCUT2D eigenvalue weighted by Gasteiger charge is 2.03. The van der Waals surface area contributed by atoms with Gasteiger partial charge in [0.1, 0.15) is 5.82 Å². The number of guanidine groups is 1. The summed E-state index contributed by atoms with van der Waals surface area (Å²) in [6.45, 7) is 4.94. The van der Waals surface area contributed by atoms with Crippen molar-refractivity contribution in [3.63, 3.8) is 0 Å². The number of nitrogens with one attached hydrogen (secondary N) is 1. The van der Waals surface area contributed by atoms with Gasteiger partial charge in [0.15, 0.2) is 11.6 Å². The van der Waals surface area contributed by atoms with E-state index < -0.39 is 0 Å². The highest BCUT2D eigenvalue weighted by molar-refractivity contribution is 14.0. The minimum atomic E-state index is 0. The van der Waals surface area contributed by atoms with Gasteiger partial charge in [0.2, 0.25) is 0 Å². The van der Waals surface area contributed by atoms with Crippen molar-refractivity contribution in [3.8, 4) is 0 Å². The SMILES string of the molecule is CCOCCCNC(N)=NCCCc1nnc2ccccn12.I. The van der Waals surface area contributed by atoms with Crippen LogP contribution in [0.4, 0.5) is 0 Å². The fourth-order valence-electron chi connectivity index (χ4n) is 2.09. The van der Waals surface area contributed by atoms with Crippen LogP contribution in [0.2, 0.25) is 0 Å². The molecule has 2 heterocycles. The molecule has 0 aliphatic carbocycles. The zero-order valence-electron chi connectivity index (χ0n) is 13.4. The second-order valence-corrected chi connectivity index (χ2v) is 4.89. The lowest BCUT2D eigenvalue weighted by molar-refractivity contribution is 0.145. The highest BCUT2D eigenvalue weighted by atomic mass is 127. The summed E-state index contributed by atoms with van der Waals surface area (Å²) >= 11 is 0. The molecule has 2 aromatic heterocycles. The van der Waals surface area contributed by atoms with Crippen molar-refractivity contribution in [2.75, 3.05) is 26.3 Å². The van der Waals surface area contributed by atoms with Gasteiger partial charge in [-0.1, -0.05) is 6.07 Å². The summed E-state index contributed by atoms with van der Waals surface area (Å²) in [4.78, 5) is 4.31. The molecule has 2 rings (SSSR count). The normalized spacial score (nSPS) is 11.4. The molecule has 8 heteroatoms. The van der Waals surface area contributed by atoms with Gasteiger partial charge < -0.3 is 15.8 Å². The third-order valence-corrected chi connectivity index (χ3v) is 3.20. The minimum absolute atomic E-state index is 0. The van der Waals surface area contributed by atoms with Crippen LogP contribution in [0.15, 0.2) is 29.4 Å². The van der Waals surface area contributed by atoms with Gasteiger partial charge in [-0.3, -0.25) is 9.39 Å². The molecule has 0 saturated heterocycles. The second-order valence-electron chi connectivity index (χ2n) is 4.89. The monoisotopic (exact) mass is 432 g/mol. The van der Waals surface area contributed by atoms with Crippen LogP contribution in [0.3, 0.4) is 0 Å². The summed E-state index contributed by atoms with van der Waals surface area (Å²) in [7, 11) is 0. The molecule has 0 atom stereocenters. The number of hydrogen-bond acceptors (Lipinski definition) is 4. The zero-order valence-corrected chi connectivity index (χ0v) is 15.8. The highest BCUT2D eigenvalue weighted by Crippen LogP contribution is 2.04. The number of fused-ring (bicyclic) bond motifs is 1. The van der Waals surface area contributed by atoms with Crippen LogP contribution < -0.4 is 11.1 Å². The predicted molar refractivity (Wildman–Crippen MR) is 102 cm³/mol. The summed E-state index contributed by atoms with van der Waals surface area (Å²) in [6.07, 6.45) is 4.61. The second kappa shape index (κ2) is 11.2. The summed E-state index contributed by atoms with van der Waals surface area (Å²) in [5.41, 5.74) is 6.68. The first kappa shape index (κ1) is 19.6. The van der Waals surface area contributed by atoms with Crippen LogP contribution in [0.5, 0.6) is 0 Å². The van der Waals surface area contributed by atoms with Crippen LogP contribution in [-0.2, 0) is 11.2 Å². The molecule has 0 unspecified atom stereocenters. The van der Waals surface area contributed by atoms with E-state index in [1.54, 1.807) is 0 Å². The summed E-state index contributed by atoms with van der Waals surface area (Å²) in [5, 5.41) is 11.4. The molecule has 2 aromatic rings. The van der Waals surface area contributed by atoms with Gasteiger partial charge in [-0.15, -0.1) is 34.2 Å². The Bertz CT molecular complexity index is 600. The molecule has 3 N–H and O–H groups in total.